The highest BCUT2D eigenvalue weighted by Gasteiger charge is 2.27. The van der Waals surface area contributed by atoms with Crippen molar-refractivity contribution >= 4 is 34.3 Å². The van der Waals surface area contributed by atoms with E-state index in [1.807, 2.05) is 0 Å². The number of fused-ring (bicyclic) bond motifs is 1. The Hall–Kier alpha value is -3.70. The van der Waals surface area contributed by atoms with Gasteiger partial charge in [0, 0.05) is 33.1 Å². The van der Waals surface area contributed by atoms with Crippen LogP contribution in [-0.2, 0) is 4.74 Å². The lowest BCUT2D eigenvalue weighted by Crippen LogP contribution is -2.21. The number of esters is 1. The van der Waals surface area contributed by atoms with Crippen LogP contribution >= 0.6 is 11.6 Å². The molecule has 0 unspecified atom stereocenters. The molecular formula is C24H16ClNO4. The van der Waals surface area contributed by atoms with Crippen LogP contribution in [0.4, 0.5) is 0 Å². The molecule has 0 bridgehead atoms. The first kappa shape index (κ1) is 19.6. The first-order valence-electron chi connectivity index (χ1n) is 9.21. The quantitative estimate of drug-likeness (QED) is 0.367. The van der Waals surface area contributed by atoms with Crippen LogP contribution in [0.15, 0.2) is 89.7 Å². The molecule has 0 saturated carbocycles. The van der Waals surface area contributed by atoms with Gasteiger partial charge >= 0.3 is 5.97 Å². The third kappa shape index (κ3) is 4.02. The average molecular weight is 418 g/mol. The number of hydrogen-bond donors (Lipinski definition) is 1. The van der Waals surface area contributed by atoms with E-state index in [1.165, 1.54) is 6.07 Å². The van der Waals surface area contributed by atoms with E-state index < -0.39 is 17.6 Å². The molecule has 148 valence electrons. The number of H-pyrrole nitrogens is 1. The van der Waals surface area contributed by atoms with E-state index >= 15 is 0 Å². The number of ether oxygens (including phenoxy) is 1. The van der Waals surface area contributed by atoms with Crippen LogP contribution < -0.4 is 5.56 Å². The van der Waals surface area contributed by atoms with E-state index in [0.717, 1.165) is 0 Å². The standard InChI is InChI=1S/C24H16ClNO4/c25-17-12-10-16(11-13-17)23(22(28)15-6-2-1-3-7-15)30-24(29)19-14-21(27)26-20-9-5-4-8-18(19)20/h1-14,23H,(H,26,27)/t23-/m0/s1. The number of pyridine rings is 1. The number of carbonyl (C=O) groups is 2. The minimum absolute atomic E-state index is 0.0918. The van der Waals surface area contributed by atoms with E-state index in [4.69, 9.17) is 16.3 Å². The molecule has 6 heteroatoms. The summed E-state index contributed by atoms with van der Waals surface area (Å²) in [6, 6.07) is 23.2. The van der Waals surface area contributed by atoms with Gasteiger partial charge in [-0.2, -0.15) is 0 Å². The maximum absolute atomic E-state index is 13.1. The molecule has 5 nitrogen and oxygen atoms in total. The molecule has 0 fully saturated rings. The van der Waals surface area contributed by atoms with Crippen molar-refractivity contribution < 1.29 is 14.3 Å². The molecule has 0 aliphatic rings. The van der Waals surface area contributed by atoms with Gasteiger partial charge in [0.2, 0.25) is 11.3 Å². The lowest BCUT2D eigenvalue weighted by Gasteiger charge is -2.18. The van der Waals surface area contributed by atoms with Gasteiger partial charge in [0.1, 0.15) is 0 Å². The molecule has 1 heterocycles. The zero-order chi connectivity index (χ0) is 21.1. The number of carbonyl (C=O) groups excluding carboxylic acids is 2. The lowest BCUT2D eigenvalue weighted by atomic mass is 9.99. The summed E-state index contributed by atoms with van der Waals surface area (Å²) in [7, 11) is 0. The summed E-state index contributed by atoms with van der Waals surface area (Å²) >= 11 is 5.97. The fourth-order valence-electron chi connectivity index (χ4n) is 3.21. The van der Waals surface area contributed by atoms with Crippen molar-refractivity contribution in [2.75, 3.05) is 0 Å². The molecule has 0 radical (unpaired) electrons. The van der Waals surface area contributed by atoms with Crippen LogP contribution in [0.5, 0.6) is 0 Å². The van der Waals surface area contributed by atoms with Crippen LogP contribution in [0.3, 0.4) is 0 Å². The molecule has 30 heavy (non-hydrogen) atoms. The van der Waals surface area contributed by atoms with Gasteiger partial charge in [-0.1, -0.05) is 72.3 Å². The summed E-state index contributed by atoms with van der Waals surface area (Å²) in [6.07, 6.45) is -1.18. The maximum Gasteiger partial charge on any atom is 0.340 e. The molecule has 0 aliphatic heterocycles. The van der Waals surface area contributed by atoms with Gasteiger partial charge < -0.3 is 9.72 Å². The van der Waals surface area contributed by atoms with Crippen molar-refractivity contribution in [1.82, 2.24) is 4.98 Å². The Bertz CT molecular complexity index is 1280. The normalized spacial score (nSPS) is 11.8. The van der Waals surface area contributed by atoms with Crippen molar-refractivity contribution in [1.29, 1.82) is 0 Å². The predicted octanol–water partition coefficient (Wildman–Crippen LogP) is 4.96. The molecular weight excluding hydrogens is 402 g/mol. The Balaban J connectivity index is 1.75. The number of aromatic nitrogens is 1. The van der Waals surface area contributed by atoms with Gasteiger partial charge in [-0.15, -0.1) is 0 Å². The number of nitrogens with one attached hydrogen (secondary N) is 1. The van der Waals surface area contributed by atoms with Crippen molar-refractivity contribution in [2.24, 2.45) is 0 Å². The van der Waals surface area contributed by atoms with Crippen LogP contribution in [0.2, 0.25) is 5.02 Å². The highest BCUT2D eigenvalue weighted by atomic mass is 35.5. The summed E-state index contributed by atoms with van der Waals surface area (Å²) in [4.78, 5) is 40.9. The van der Waals surface area contributed by atoms with Crippen LogP contribution in [0, 0.1) is 0 Å². The SMILES string of the molecule is O=C(O[C@H](C(=O)c1ccccc1)c1ccc(Cl)cc1)c1cc(=O)[nH]c2ccccc12. The molecule has 4 rings (SSSR count). The Labute approximate surface area is 176 Å². The van der Waals surface area contributed by atoms with Gasteiger partial charge in [-0.05, 0) is 18.2 Å². The highest BCUT2D eigenvalue weighted by Crippen LogP contribution is 2.26. The minimum Gasteiger partial charge on any atom is -0.445 e. The fourth-order valence-corrected chi connectivity index (χ4v) is 3.33. The highest BCUT2D eigenvalue weighted by molar-refractivity contribution is 6.30. The number of ketones is 1. The second kappa shape index (κ2) is 8.35. The van der Waals surface area contributed by atoms with Crippen molar-refractivity contribution in [2.45, 2.75) is 6.10 Å². The zero-order valence-electron chi connectivity index (χ0n) is 15.7. The molecule has 1 atom stereocenters. The van der Waals surface area contributed by atoms with Crippen LogP contribution in [0.1, 0.15) is 32.4 Å². The smallest absolute Gasteiger partial charge is 0.340 e. The summed E-state index contributed by atoms with van der Waals surface area (Å²) < 4.78 is 5.66. The largest absolute Gasteiger partial charge is 0.445 e. The fraction of sp³-hybridized carbons (Fsp3) is 0.0417. The summed E-state index contributed by atoms with van der Waals surface area (Å²) in [5, 5.41) is 1.03. The molecule has 0 spiro atoms. The number of aromatic amines is 1. The number of benzene rings is 3. The Morgan fingerprint density at radius 2 is 1.53 bits per heavy atom. The second-order valence-electron chi connectivity index (χ2n) is 6.66. The lowest BCUT2D eigenvalue weighted by molar-refractivity contribution is 0.0282. The molecule has 1 N–H and O–H groups in total. The molecule has 4 aromatic rings. The Morgan fingerprint density at radius 3 is 2.27 bits per heavy atom. The van der Waals surface area contributed by atoms with Gasteiger partial charge in [-0.25, -0.2) is 4.79 Å². The van der Waals surface area contributed by atoms with E-state index in [-0.39, 0.29) is 11.3 Å². The second-order valence-corrected chi connectivity index (χ2v) is 7.10. The van der Waals surface area contributed by atoms with Crippen molar-refractivity contribution in [3.8, 4) is 0 Å². The number of Topliss-reactive ketones (excluding diaryl/α,β-unsaturated/α-hetero) is 1. The third-order valence-corrected chi connectivity index (χ3v) is 4.92. The van der Waals surface area contributed by atoms with Crippen molar-refractivity contribution in [3.63, 3.8) is 0 Å². The van der Waals surface area contributed by atoms with E-state index in [0.29, 0.717) is 27.1 Å². The third-order valence-electron chi connectivity index (χ3n) is 4.66. The Kier molecular flexibility index (Phi) is 5.46. The van der Waals surface area contributed by atoms with Crippen molar-refractivity contribution in [3.05, 3.63) is 117 Å². The summed E-state index contributed by atoms with van der Waals surface area (Å²) in [6.45, 7) is 0. The van der Waals surface area contributed by atoms with E-state index in [2.05, 4.69) is 4.98 Å². The van der Waals surface area contributed by atoms with E-state index in [1.54, 1.807) is 78.9 Å². The molecule has 0 amide bonds. The van der Waals surface area contributed by atoms with E-state index in [9.17, 15) is 14.4 Å². The predicted molar refractivity (Wildman–Crippen MR) is 115 cm³/mol. The first-order chi connectivity index (χ1) is 14.5. The summed E-state index contributed by atoms with van der Waals surface area (Å²) in [5.74, 6) is -1.14. The van der Waals surface area contributed by atoms with Gasteiger partial charge in [0.25, 0.3) is 0 Å². The number of rotatable bonds is 5. The van der Waals surface area contributed by atoms with Gasteiger partial charge in [0.05, 0.1) is 5.56 Å². The Morgan fingerprint density at radius 1 is 0.867 bits per heavy atom. The monoisotopic (exact) mass is 417 g/mol. The number of halogens is 1. The van der Waals surface area contributed by atoms with Crippen LogP contribution in [-0.4, -0.2) is 16.7 Å². The average Bonchev–Trinajstić information content (AvgIpc) is 2.77. The van der Waals surface area contributed by atoms with Gasteiger partial charge in [-0.3, -0.25) is 9.59 Å². The molecule has 3 aromatic carbocycles. The number of hydrogen-bond acceptors (Lipinski definition) is 4. The molecule has 0 saturated heterocycles. The molecule has 1 aromatic heterocycles. The van der Waals surface area contributed by atoms with Crippen LogP contribution in [0.25, 0.3) is 10.9 Å². The topological polar surface area (TPSA) is 76.2 Å². The number of para-hydroxylation sites is 1. The van der Waals surface area contributed by atoms with Gasteiger partial charge in [0.15, 0.2) is 6.10 Å². The molecule has 0 aliphatic carbocycles. The minimum atomic E-state index is -1.18. The first-order valence-corrected chi connectivity index (χ1v) is 9.58. The maximum atomic E-state index is 13.1. The summed E-state index contributed by atoms with van der Waals surface area (Å²) in [5.41, 5.74) is 1.05. The zero-order valence-corrected chi connectivity index (χ0v) is 16.4.